The van der Waals surface area contributed by atoms with Crippen molar-refractivity contribution in [2.24, 2.45) is 0 Å². The minimum absolute atomic E-state index is 0.0992. The summed E-state index contributed by atoms with van der Waals surface area (Å²) in [5, 5.41) is 0. The van der Waals surface area contributed by atoms with Crippen molar-refractivity contribution >= 4 is 7.26 Å². The quantitative estimate of drug-likeness (QED) is 0.150. The van der Waals surface area contributed by atoms with E-state index in [0.29, 0.717) is 38.5 Å². The Morgan fingerprint density at radius 2 is 0.926 bits per heavy atom. The van der Waals surface area contributed by atoms with Gasteiger partial charge in [0.25, 0.3) is 0 Å². The lowest BCUT2D eigenvalue weighted by atomic mass is 10.1. The van der Waals surface area contributed by atoms with Gasteiger partial charge in [-0.25, -0.2) is 0 Å². The van der Waals surface area contributed by atoms with Crippen LogP contribution in [0.15, 0.2) is 0 Å². The van der Waals surface area contributed by atoms with Gasteiger partial charge in [-0.3, -0.25) is 0 Å². The average molecular weight is 429 g/mol. The Morgan fingerprint density at radius 1 is 0.556 bits per heavy atom. The van der Waals surface area contributed by atoms with Crippen LogP contribution in [-0.4, -0.2) is 24.6 Å². The van der Waals surface area contributed by atoms with Gasteiger partial charge in [0.15, 0.2) is 0 Å². The summed E-state index contributed by atoms with van der Waals surface area (Å²) in [6, 6.07) is 0. The molecular weight excluding hydrogens is 343 g/mol. The van der Waals surface area contributed by atoms with Crippen LogP contribution in [-0.2, 0) is 0 Å². The SMILES string of the molecule is [2H]C([2H])([2H])C([2H])([2H])C([2H])([2H])C([2H])([2H])C([2H])([2H])C([2H])([2H])C([2H])([2H])C([2H])([2H])C([2H])([2H])C([2H])([2H])C([2H])([2H])C([2H])([2H])C([2H])([2H])C([2H])([2H])[P+](CCCC)(CCCC)CCCC. The second-order valence-corrected chi connectivity index (χ2v) is 9.84. The molecule has 0 unspecified atom stereocenters. The van der Waals surface area contributed by atoms with Crippen molar-refractivity contribution in [2.75, 3.05) is 24.6 Å². The monoisotopic (exact) mass is 429 g/mol. The van der Waals surface area contributed by atoms with E-state index < -0.39 is 96.7 Å². The second-order valence-electron chi connectivity index (χ2n) is 5.99. The van der Waals surface area contributed by atoms with Gasteiger partial charge in [-0.1, -0.05) is 111 Å². The fourth-order valence-corrected chi connectivity index (χ4v) is 6.41. The maximum absolute atomic E-state index is 9.19. The van der Waals surface area contributed by atoms with Gasteiger partial charge in [-0.05, 0) is 32.0 Å². The second kappa shape index (κ2) is 21.1. The van der Waals surface area contributed by atoms with Crippen LogP contribution >= 0.6 is 7.26 Å². The van der Waals surface area contributed by atoms with E-state index in [0.717, 1.165) is 0 Å². The average Bonchev–Trinajstić information content (AvgIpc) is 3.02. The molecule has 164 valence electrons. The van der Waals surface area contributed by atoms with E-state index in [1.807, 2.05) is 0 Å². The molecule has 0 heterocycles. The summed E-state index contributed by atoms with van der Waals surface area (Å²) < 4.78 is 241. The Bertz CT molecular complexity index is 1230. The van der Waals surface area contributed by atoms with Crippen LogP contribution < -0.4 is 0 Å². The lowest BCUT2D eigenvalue weighted by Gasteiger charge is -2.28. The Labute approximate surface area is 216 Å². The molecule has 0 radical (unpaired) electrons. The normalized spacial score (nSPS) is 35.3. The lowest BCUT2D eigenvalue weighted by Crippen LogP contribution is -2.13. The van der Waals surface area contributed by atoms with Crippen molar-refractivity contribution in [3.8, 4) is 0 Å². The Hall–Kier alpha value is 0.430. The van der Waals surface area contributed by atoms with Crippen LogP contribution in [0.2, 0.25) is 0 Å². The van der Waals surface area contributed by atoms with Crippen molar-refractivity contribution in [3.05, 3.63) is 0 Å². The molecule has 0 nitrogen and oxygen atoms in total. The molecule has 0 amide bonds. The third-order valence-corrected chi connectivity index (χ3v) is 7.90. The molecule has 0 N–H and O–H groups in total. The molecule has 0 aliphatic heterocycles. The first-order chi connectivity index (χ1) is 24.2. The fraction of sp³-hybridized carbons (Fsp3) is 1.00. The van der Waals surface area contributed by atoms with Crippen molar-refractivity contribution in [1.82, 2.24) is 0 Å². The molecule has 0 atom stereocenters. The van der Waals surface area contributed by atoms with Crippen LogP contribution in [0, 0.1) is 0 Å². The van der Waals surface area contributed by atoms with Crippen LogP contribution in [0.3, 0.4) is 0 Å². The fourth-order valence-electron chi connectivity index (χ4n) is 2.34. The highest BCUT2D eigenvalue weighted by atomic mass is 31.2. The maximum atomic E-state index is 9.19. The highest BCUT2D eigenvalue weighted by molar-refractivity contribution is 7.75. The molecule has 0 aromatic rings. The van der Waals surface area contributed by atoms with Gasteiger partial charge in [0.1, 0.15) is 0 Å². The summed E-state index contributed by atoms with van der Waals surface area (Å²) in [4.78, 5) is 0. The standard InChI is InChI=1S/C26H56P/c1-5-9-13-14-15-16-17-18-19-20-21-22-26-27(23-10-6-2,24-11-7-3)25-12-8-4/h5-26H2,1-4H3/q+1/i1D3,5D2,9D2,13D2,14D2,15D2,16D2,17D2,18D2,19D2,20D2,21D2,22D2,26D2. The Morgan fingerprint density at radius 3 is 1.30 bits per heavy atom. The zero-order chi connectivity index (χ0) is 45.9. The molecule has 0 rings (SSSR count). The van der Waals surface area contributed by atoms with Crippen LogP contribution in [0.25, 0.3) is 0 Å². The topological polar surface area (TPSA) is 0 Å². The summed E-state index contributed by atoms with van der Waals surface area (Å²) in [7, 11) is -3.30. The third kappa shape index (κ3) is 17.0. The summed E-state index contributed by atoms with van der Waals surface area (Å²) in [5.74, 6) is 0. The first-order valence-electron chi connectivity index (χ1n) is 24.0. The number of hydrogen-bond acceptors (Lipinski definition) is 0. The van der Waals surface area contributed by atoms with Gasteiger partial charge < -0.3 is 0 Å². The molecular formula is C26H56P+. The van der Waals surface area contributed by atoms with E-state index in [1.54, 1.807) is 20.8 Å². The largest absolute Gasteiger partial charge is 0.0708 e. The smallest absolute Gasteiger partial charge is 0.0654 e. The number of rotatable bonds is 22. The molecule has 0 aromatic heterocycles. The van der Waals surface area contributed by atoms with Gasteiger partial charge in [-0.2, -0.15) is 0 Å². The lowest BCUT2D eigenvalue weighted by molar-refractivity contribution is 0.548. The molecule has 0 aliphatic rings. The summed E-state index contributed by atoms with van der Waals surface area (Å²) >= 11 is 0. The van der Waals surface area contributed by atoms with Crippen molar-refractivity contribution in [2.45, 2.75) is 143 Å². The number of hydrogen-bond donors (Lipinski definition) is 0. The van der Waals surface area contributed by atoms with Gasteiger partial charge >= 0.3 is 0 Å². The zero-order valence-corrected chi connectivity index (χ0v) is 17.7. The van der Waals surface area contributed by atoms with Crippen molar-refractivity contribution in [3.63, 3.8) is 0 Å². The van der Waals surface area contributed by atoms with Crippen LogP contribution in [0.5, 0.6) is 0 Å². The van der Waals surface area contributed by atoms with E-state index in [2.05, 4.69) is 0 Å². The molecule has 0 spiro atoms. The van der Waals surface area contributed by atoms with Gasteiger partial charge in [0.2, 0.25) is 0 Å². The van der Waals surface area contributed by atoms with E-state index >= 15 is 0 Å². The minimum Gasteiger partial charge on any atom is -0.0654 e. The first kappa shape index (κ1) is 6.24. The highest BCUT2D eigenvalue weighted by Crippen LogP contribution is 2.61. The highest BCUT2D eigenvalue weighted by Gasteiger charge is 2.34. The van der Waals surface area contributed by atoms with Gasteiger partial charge in [0, 0.05) is 44.3 Å². The molecule has 0 fully saturated rings. The maximum Gasteiger partial charge on any atom is 0.0708 e. The first-order valence-corrected chi connectivity index (χ1v) is 11.9. The molecule has 1 heteroatoms. The van der Waals surface area contributed by atoms with E-state index in [1.165, 1.54) is 0 Å². The van der Waals surface area contributed by atoms with Crippen LogP contribution in [0.4, 0.5) is 0 Å². The molecule has 0 aliphatic carbocycles. The molecule has 0 bridgehead atoms. The van der Waals surface area contributed by atoms with E-state index in [9.17, 15) is 2.74 Å². The van der Waals surface area contributed by atoms with Crippen molar-refractivity contribution in [1.29, 1.82) is 0 Å². The van der Waals surface area contributed by atoms with Crippen molar-refractivity contribution < 1.29 is 39.8 Å². The van der Waals surface area contributed by atoms with E-state index in [4.69, 9.17) is 37.0 Å². The van der Waals surface area contributed by atoms with E-state index in [-0.39, 0.29) is 18.5 Å². The summed E-state index contributed by atoms with van der Waals surface area (Å²) in [5.41, 5.74) is 0. The zero-order valence-electron chi connectivity index (χ0n) is 45.8. The molecule has 27 heavy (non-hydrogen) atoms. The molecule has 0 aromatic carbocycles. The summed E-state index contributed by atoms with van der Waals surface area (Å²) in [6.45, 7) is 1.30. The third-order valence-electron chi connectivity index (χ3n) is 3.80. The predicted octanol–water partition coefficient (Wildman–Crippen LogP) is 10.1. The van der Waals surface area contributed by atoms with Gasteiger partial charge in [0.05, 0.1) is 27.3 Å². The van der Waals surface area contributed by atoms with Crippen LogP contribution in [0.1, 0.15) is 182 Å². The predicted molar refractivity (Wildman–Crippen MR) is 132 cm³/mol. The van der Waals surface area contributed by atoms with Gasteiger partial charge in [-0.15, -0.1) is 0 Å². The number of unbranched alkanes of at least 4 members (excludes halogenated alkanes) is 3. The summed E-state index contributed by atoms with van der Waals surface area (Å²) in [6.07, 6.45) is -56.5. The molecule has 0 saturated heterocycles. The molecule has 0 saturated carbocycles. The Kier molecular flexibility index (Phi) is 4.88. The minimum atomic E-state index is -4.96. The Balaban J connectivity index is 7.82.